The Bertz CT molecular complexity index is 1090. The van der Waals surface area contributed by atoms with Gasteiger partial charge in [-0.25, -0.2) is 4.98 Å². The lowest BCUT2D eigenvalue weighted by Gasteiger charge is -2.07. The molecule has 140 valence electrons. The molecule has 0 atom stereocenters. The van der Waals surface area contributed by atoms with Crippen LogP contribution in [0.15, 0.2) is 47.7 Å². The molecule has 0 spiro atoms. The van der Waals surface area contributed by atoms with Gasteiger partial charge in [-0.15, -0.1) is 11.3 Å². The first-order valence-corrected chi connectivity index (χ1v) is 9.74. The second kappa shape index (κ2) is 8.25. The van der Waals surface area contributed by atoms with Gasteiger partial charge in [0, 0.05) is 43.0 Å². The first kappa shape index (κ1) is 19.6. The van der Waals surface area contributed by atoms with Crippen LogP contribution in [0, 0.1) is 0 Å². The summed E-state index contributed by atoms with van der Waals surface area (Å²) in [6.45, 7) is 0.435. The fourth-order valence-electron chi connectivity index (χ4n) is 2.49. The number of thiophene rings is 1. The number of allylic oxidation sites excluding steroid dienone is 1. The van der Waals surface area contributed by atoms with Crippen molar-refractivity contribution in [2.45, 2.75) is 13.0 Å². The van der Waals surface area contributed by atoms with Crippen molar-refractivity contribution in [2.24, 2.45) is 0 Å². The fraction of sp³-hybridized carbons (Fsp3) is 0.211. The normalized spacial score (nSPS) is 11.4. The predicted molar refractivity (Wildman–Crippen MR) is 111 cm³/mol. The van der Waals surface area contributed by atoms with Crippen LogP contribution in [0.3, 0.4) is 0 Å². The van der Waals surface area contributed by atoms with Gasteiger partial charge in [0.25, 0.3) is 5.56 Å². The van der Waals surface area contributed by atoms with Crippen LogP contribution in [0.4, 0.5) is 0 Å². The molecule has 0 saturated heterocycles. The summed E-state index contributed by atoms with van der Waals surface area (Å²) < 4.78 is 2.01. The molecule has 1 aromatic carbocycles. The molecule has 2 aromatic heterocycles. The SMILES string of the molecule is CN(C)/C=C/C(=O)c1cc2ncn(CCc3ccc(Cl)cc3Cl)c(=O)c2s1. The van der Waals surface area contributed by atoms with Gasteiger partial charge in [0.15, 0.2) is 5.78 Å². The summed E-state index contributed by atoms with van der Waals surface area (Å²) in [4.78, 5) is 31.5. The van der Waals surface area contributed by atoms with Crippen LogP contribution in [0.25, 0.3) is 10.2 Å². The van der Waals surface area contributed by atoms with Crippen molar-refractivity contribution in [3.63, 3.8) is 0 Å². The lowest BCUT2D eigenvalue weighted by atomic mass is 10.1. The van der Waals surface area contributed by atoms with Crippen molar-refractivity contribution in [2.75, 3.05) is 14.1 Å². The Morgan fingerprint density at radius 1 is 1.30 bits per heavy atom. The van der Waals surface area contributed by atoms with E-state index in [4.69, 9.17) is 23.2 Å². The average molecular weight is 422 g/mol. The van der Waals surface area contributed by atoms with Crippen molar-refractivity contribution in [3.8, 4) is 0 Å². The molecule has 0 amide bonds. The van der Waals surface area contributed by atoms with Crippen molar-refractivity contribution >= 4 is 50.5 Å². The quantitative estimate of drug-likeness (QED) is 0.440. The summed E-state index contributed by atoms with van der Waals surface area (Å²) >= 11 is 13.3. The van der Waals surface area contributed by atoms with E-state index in [9.17, 15) is 9.59 Å². The summed E-state index contributed by atoms with van der Waals surface area (Å²) in [5, 5.41) is 1.14. The summed E-state index contributed by atoms with van der Waals surface area (Å²) in [6, 6.07) is 6.96. The third-order valence-corrected chi connectivity index (χ3v) is 5.62. The zero-order chi connectivity index (χ0) is 19.6. The van der Waals surface area contributed by atoms with Crippen LogP contribution in [0.5, 0.6) is 0 Å². The van der Waals surface area contributed by atoms with E-state index in [0.29, 0.717) is 38.1 Å². The third-order valence-electron chi connectivity index (χ3n) is 3.91. The molecule has 0 unspecified atom stereocenters. The van der Waals surface area contributed by atoms with E-state index in [0.717, 1.165) is 5.56 Å². The standard InChI is InChI=1S/C19H17Cl2N3O2S/c1-23(2)7-6-16(25)17-10-15-18(27-17)19(26)24(11-22-15)8-5-12-3-4-13(20)9-14(12)21/h3-4,6-7,9-11H,5,8H2,1-2H3/b7-6+. The Kier molecular flexibility index (Phi) is 5.99. The van der Waals surface area contributed by atoms with Crippen LogP contribution in [-0.2, 0) is 13.0 Å². The highest BCUT2D eigenvalue weighted by molar-refractivity contribution is 7.20. The molecule has 8 heteroatoms. The van der Waals surface area contributed by atoms with Gasteiger partial charge in [0.05, 0.1) is 16.7 Å². The number of rotatable bonds is 6. The number of halogens is 2. The molecule has 0 fully saturated rings. The van der Waals surface area contributed by atoms with Crippen molar-refractivity contribution in [3.05, 3.63) is 73.7 Å². The first-order chi connectivity index (χ1) is 12.8. The second-order valence-corrected chi connectivity index (χ2v) is 8.09. The van der Waals surface area contributed by atoms with Crippen molar-refractivity contribution < 1.29 is 4.79 Å². The Morgan fingerprint density at radius 2 is 2.07 bits per heavy atom. The number of hydrogen-bond donors (Lipinski definition) is 0. The highest BCUT2D eigenvalue weighted by Gasteiger charge is 2.13. The maximum absolute atomic E-state index is 12.7. The van der Waals surface area contributed by atoms with Crippen molar-refractivity contribution in [1.82, 2.24) is 14.5 Å². The van der Waals surface area contributed by atoms with Crippen LogP contribution in [0.1, 0.15) is 15.2 Å². The van der Waals surface area contributed by atoms with E-state index in [1.165, 1.54) is 28.3 Å². The molecular formula is C19H17Cl2N3O2S. The minimum atomic E-state index is -0.161. The van der Waals surface area contributed by atoms with E-state index in [2.05, 4.69) is 4.98 Å². The molecular weight excluding hydrogens is 405 g/mol. The Morgan fingerprint density at radius 3 is 2.78 bits per heavy atom. The van der Waals surface area contributed by atoms with Gasteiger partial charge in [-0.05, 0) is 30.2 Å². The van der Waals surface area contributed by atoms with Gasteiger partial charge in [-0.3, -0.25) is 14.2 Å². The minimum Gasteiger partial charge on any atom is -0.383 e. The Balaban J connectivity index is 1.84. The second-order valence-electron chi connectivity index (χ2n) is 6.20. The third kappa shape index (κ3) is 4.58. The highest BCUT2D eigenvalue weighted by Crippen LogP contribution is 2.23. The largest absolute Gasteiger partial charge is 0.383 e. The lowest BCUT2D eigenvalue weighted by Crippen LogP contribution is -2.20. The minimum absolute atomic E-state index is 0.148. The average Bonchev–Trinajstić information content (AvgIpc) is 3.05. The summed E-state index contributed by atoms with van der Waals surface area (Å²) in [7, 11) is 3.67. The molecule has 5 nitrogen and oxygen atoms in total. The molecule has 0 aliphatic heterocycles. The molecule has 0 radical (unpaired) electrons. The van der Waals surface area contributed by atoms with Crippen molar-refractivity contribution in [1.29, 1.82) is 0 Å². The van der Waals surface area contributed by atoms with Gasteiger partial charge in [0.2, 0.25) is 0 Å². The van der Waals surface area contributed by atoms with E-state index in [1.54, 1.807) is 29.3 Å². The molecule has 0 bridgehead atoms. The van der Waals surface area contributed by atoms with Gasteiger partial charge in [0.1, 0.15) is 4.70 Å². The van der Waals surface area contributed by atoms with Gasteiger partial charge in [-0.1, -0.05) is 29.3 Å². The summed E-state index contributed by atoms with van der Waals surface area (Å²) in [5.41, 5.74) is 1.28. The smallest absolute Gasteiger partial charge is 0.271 e. The highest BCUT2D eigenvalue weighted by atomic mass is 35.5. The molecule has 0 aliphatic rings. The lowest BCUT2D eigenvalue weighted by molar-refractivity contribution is 0.104. The molecule has 3 rings (SSSR count). The van der Waals surface area contributed by atoms with Crippen LogP contribution >= 0.6 is 34.5 Å². The van der Waals surface area contributed by atoms with Crippen LogP contribution in [-0.4, -0.2) is 34.3 Å². The van der Waals surface area contributed by atoms with Gasteiger partial charge < -0.3 is 4.90 Å². The van der Waals surface area contributed by atoms with E-state index < -0.39 is 0 Å². The topological polar surface area (TPSA) is 55.2 Å². The molecule has 27 heavy (non-hydrogen) atoms. The zero-order valence-corrected chi connectivity index (χ0v) is 17.1. The number of carbonyl (C=O) groups excluding carboxylic acids is 1. The number of nitrogens with zero attached hydrogens (tertiary/aromatic N) is 3. The van der Waals surface area contributed by atoms with Gasteiger partial charge >= 0.3 is 0 Å². The monoisotopic (exact) mass is 421 g/mol. The maximum Gasteiger partial charge on any atom is 0.271 e. The molecule has 3 aromatic rings. The van der Waals surface area contributed by atoms with Crippen LogP contribution in [0.2, 0.25) is 10.0 Å². The van der Waals surface area contributed by atoms with Crippen LogP contribution < -0.4 is 5.56 Å². The number of carbonyl (C=O) groups is 1. The summed E-state index contributed by atoms with van der Waals surface area (Å²) in [5.74, 6) is -0.148. The molecule has 2 heterocycles. The van der Waals surface area contributed by atoms with Gasteiger partial charge in [-0.2, -0.15) is 0 Å². The number of aryl methyl sites for hydroxylation is 2. The Labute approximate surface area is 170 Å². The number of benzene rings is 1. The number of fused-ring (bicyclic) bond motifs is 1. The molecule has 0 aliphatic carbocycles. The fourth-order valence-corrected chi connectivity index (χ4v) is 3.97. The predicted octanol–water partition coefficient (Wildman–Crippen LogP) is 4.27. The number of ketones is 1. The molecule has 0 N–H and O–H groups in total. The number of hydrogen-bond acceptors (Lipinski definition) is 5. The number of aromatic nitrogens is 2. The van der Waals surface area contributed by atoms with E-state index in [1.807, 2.05) is 20.2 Å². The molecule has 0 saturated carbocycles. The zero-order valence-electron chi connectivity index (χ0n) is 14.8. The maximum atomic E-state index is 12.7. The Hall–Kier alpha value is -2.15. The van der Waals surface area contributed by atoms with E-state index >= 15 is 0 Å². The summed E-state index contributed by atoms with van der Waals surface area (Å²) in [6.07, 6.45) is 5.23. The first-order valence-electron chi connectivity index (χ1n) is 8.17. The van der Waals surface area contributed by atoms with E-state index in [-0.39, 0.29) is 11.3 Å².